The average Bonchev–Trinajstić information content (AvgIpc) is 3.29. The molecule has 0 fully saturated rings. The fourth-order valence-electron chi connectivity index (χ4n) is 3.28. The normalized spacial score (nSPS) is 13.5. The number of hydrogen-bond acceptors (Lipinski definition) is 6. The molecule has 0 bridgehead atoms. The van der Waals surface area contributed by atoms with Gasteiger partial charge in [0, 0.05) is 34.4 Å². The molecule has 1 aliphatic rings. The molecule has 0 saturated carbocycles. The Kier molecular flexibility index (Phi) is 4.95. The van der Waals surface area contributed by atoms with Gasteiger partial charge in [0.1, 0.15) is 5.01 Å². The molecule has 2 aromatic heterocycles. The Morgan fingerprint density at radius 3 is 2.47 bits per heavy atom. The molecule has 0 unspecified atom stereocenters. The number of hydrogen-bond donors (Lipinski definition) is 1. The number of thiazole rings is 1. The summed E-state index contributed by atoms with van der Waals surface area (Å²) >= 11 is 1.49. The van der Waals surface area contributed by atoms with Crippen LogP contribution in [-0.4, -0.2) is 38.1 Å². The van der Waals surface area contributed by atoms with E-state index in [-0.39, 0.29) is 29.8 Å². The summed E-state index contributed by atoms with van der Waals surface area (Å²) in [5.41, 5.74) is 2.00. The van der Waals surface area contributed by atoms with Gasteiger partial charge < -0.3 is 5.32 Å². The number of pyridine rings is 1. The molecule has 0 atom stereocenters. The Labute approximate surface area is 177 Å². The summed E-state index contributed by atoms with van der Waals surface area (Å²) in [5, 5.41) is 5.57. The van der Waals surface area contributed by atoms with Crippen molar-refractivity contribution in [3.8, 4) is 10.6 Å². The van der Waals surface area contributed by atoms with E-state index in [9.17, 15) is 14.4 Å². The van der Waals surface area contributed by atoms with Crippen molar-refractivity contribution in [1.82, 2.24) is 20.2 Å². The lowest BCUT2D eigenvalue weighted by atomic mass is 10.1. The molecule has 3 heterocycles. The van der Waals surface area contributed by atoms with Crippen LogP contribution in [0.4, 0.5) is 0 Å². The van der Waals surface area contributed by atoms with Crippen LogP contribution in [0.15, 0.2) is 48.1 Å². The summed E-state index contributed by atoms with van der Waals surface area (Å²) in [6, 6.07) is 8.35. The van der Waals surface area contributed by atoms with E-state index in [2.05, 4.69) is 15.3 Å². The van der Waals surface area contributed by atoms with Gasteiger partial charge in [-0.25, -0.2) is 4.98 Å². The Balaban J connectivity index is 1.47. The highest BCUT2D eigenvalue weighted by atomic mass is 32.1. The Hall–Kier alpha value is -3.39. The fraction of sp³-hybridized carbons (Fsp3) is 0.227. The molecular formula is C22H20N4O3S. The van der Waals surface area contributed by atoms with Crippen molar-refractivity contribution in [2.24, 2.45) is 0 Å². The number of fused-ring (bicyclic) bond motifs is 1. The number of carbonyl (C=O) groups is 3. The third kappa shape index (κ3) is 3.61. The first kappa shape index (κ1) is 19.9. The fourth-order valence-corrected chi connectivity index (χ4v) is 4.11. The summed E-state index contributed by atoms with van der Waals surface area (Å²) < 4.78 is 0. The average molecular weight is 420 g/mol. The molecule has 4 rings (SSSR count). The van der Waals surface area contributed by atoms with Gasteiger partial charge in [0.05, 0.1) is 23.4 Å². The monoisotopic (exact) mass is 420 g/mol. The van der Waals surface area contributed by atoms with Crippen LogP contribution in [0.3, 0.4) is 0 Å². The molecule has 7 nitrogen and oxygen atoms in total. The van der Waals surface area contributed by atoms with Gasteiger partial charge >= 0.3 is 0 Å². The number of nitrogens with one attached hydrogen (secondary N) is 1. The van der Waals surface area contributed by atoms with Crippen molar-refractivity contribution < 1.29 is 14.4 Å². The van der Waals surface area contributed by atoms with Crippen LogP contribution < -0.4 is 5.32 Å². The van der Waals surface area contributed by atoms with Crippen molar-refractivity contribution in [2.75, 3.05) is 0 Å². The van der Waals surface area contributed by atoms with Crippen molar-refractivity contribution in [3.63, 3.8) is 0 Å². The second-order valence-electron chi connectivity index (χ2n) is 7.94. The summed E-state index contributed by atoms with van der Waals surface area (Å²) in [5.74, 6) is -1.04. The van der Waals surface area contributed by atoms with Gasteiger partial charge in [0.2, 0.25) is 0 Å². The number of aromatic nitrogens is 2. The van der Waals surface area contributed by atoms with Gasteiger partial charge in [-0.1, -0.05) is 0 Å². The second-order valence-corrected chi connectivity index (χ2v) is 8.80. The maximum atomic E-state index is 12.7. The number of amides is 3. The standard InChI is InChI=1S/C22H20N4O3S/c1-22(2,3)26-20(28)16-5-4-14(10-17(16)21(26)29)18(27)24-11-15-12-30-19(25-15)13-6-8-23-9-7-13/h4-10,12H,11H2,1-3H3,(H,24,27). The highest BCUT2D eigenvalue weighted by Crippen LogP contribution is 2.30. The molecule has 0 saturated heterocycles. The molecule has 3 aromatic rings. The zero-order valence-electron chi connectivity index (χ0n) is 16.8. The second kappa shape index (κ2) is 7.46. The molecule has 152 valence electrons. The zero-order chi connectivity index (χ0) is 21.5. The van der Waals surface area contributed by atoms with E-state index in [1.54, 1.807) is 45.3 Å². The van der Waals surface area contributed by atoms with Gasteiger partial charge in [-0.3, -0.25) is 24.3 Å². The summed E-state index contributed by atoms with van der Waals surface area (Å²) in [4.78, 5) is 47.6. The molecule has 1 aliphatic heterocycles. The molecule has 0 aliphatic carbocycles. The first-order valence-electron chi connectivity index (χ1n) is 9.41. The van der Waals surface area contributed by atoms with Gasteiger partial charge in [-0.15, -0.1) is 11.3 Å². The van der Waals surface area contributed by atoms with Crippen LogP contribution in [0, 0.1) is 0 Å². The third-order valence-corrected chi connectivity index (χ3v) is 5.67. The van der Waals surface area contributed by atoms with Gasteiger partial charge in [-0.05, 0) is 51.1 Å². The van der Waals surface area contributed by atoms with Gasteiger partial charge in [0.25, 0.3) is 17.7 Å². The van der Waals surface area contributed by atoms with E-state index < -0.39 is 5.54 Å². The van der Waals surface area contributed by atoms with E-state index in [4.69, 9.17) is 0 Å². The molecule has 30 heavy (non-hydrogen) atoms. The number of rotatable bonds is 4. The van der Waals surface area contributed by atoms with Crippen molar-refractivity contribution >= 4 is 29.1 Å². The maximum absolute atomic E-state index is 12.7. The topological polar surface area (TPSA) is 92.3 Å². The van der Waals surface area contributed by atoms with Crippen LogP contribution in [0.1, 0.15) is 57.5 Å². The molecule has 1 N–H and O–H groups in total. The smallest absolute Gasteiger partial charge is 0.262 e. The molecule has 3 amide bonds. The zero-order valence-corrected chi connectivity index (χ0v) is 17.6. The molecule has 0 spiro atoms. The third-order valence-electron chi connectivity index (χ3n) is 4.73. The first-order chi connectivity index (χ1) is 14.3. The van der Waals surface area contributed by atoms with Crippen LogP contribution in [0.25, 0.3) is 10.6 Å². The lowest BCUT2D eigenvalue weighted by Gasteiger charge is -2.29. The van der Waals surface area contributed by atoms with Crippen molar-refractivity contribution in [2.45, 2.75) is 32.9 Å². The van der Waals surface area contributed by atoms with Crippen LogP contribution in [0.2, 0.25) is 0 Å². The Bertz CT molecular complexity index is 1150. The van der Waals surface area contributed by atoms with E-state index in [1.807, 2.05) is 17.5 Å². The van der Waals surface area contributed by atoms with Crippen LogP contribution >= 0.6 is 11.3 Å². The molecule has 1 aromatic carbocycles. The SMILES string of the molecule is CC(C)(C)N1C(=O)c2ccc(C(=O)NCc3csc(-c4ccncc4)n3)cc2C1=O. The first-order valence-corrected chi connectivity index (χ1v) is 10.3. The summed E-state index contributed by atoms with van der Waals surface area (Å²) in [7, 11) is 0. The Morgan fingerprint density at radius 1 is 1.07 bits per heavy atom. The van der Waals surface area contributed by atoms with E-state index in [1.165, 1.54) is 22.3 Å². The van der Waals surface area contributed by atoms with Crippen molar-refractivity contribution in [1.29, 1.82) is 0 Å². The maximum Gasteiger partial charge on any atom is 0.262 e. The highest BCUT2D eigenvalue weighted by molar-refractivity contribution is 7.13. The largest absolute Gasteiger partial charge is 0.346 e. The van der Waals surface area contributed by atoms with Gasteiger partial charge in [-0.2, -0.15) is 0 Å². The number of imide groups is 1. The predicted octanol–water partition coefficient (Wildman–Crippen LogP) is 3.53. The Morgan fingerprint density at radius 2 is 1.77 bits per heavy atom. The van der Waals surface area contributed by atoms with Crippen molar-refractivity contribution in [3.05, 3.63) is 70.5 Å². The number of benzene rings is 1. The summed E-state index contributed by atoms with van der Waals surface area (Å²) in [6.07, 6.45) is 3.41. The predicted molar refractivity (Wildman–Crippen MR) is 113 cm³/mol. The van der Waals surface area contributed by atoms with Crippen LogP contribution in [0.5, 0.6) is 0 Å². The van der Waals surface area contributed by atoms with E-state index in [0.29, 0.717) is 11.1 Å². The lowest BCUT2D eigenvalue weighted by molar-refractivity contribution is 0.0507. The minimum Gasteiger partial charge on any atom is -0.346 e. The van der Waals surface area contributed by atoms with E-state index >= 15 is 0 Å². The molecule has 8 heteroatoms. The molecular weight excluding hydrogens is 400 g/mol. The number of carbonyl (C=O) groups excluding carboxylic acids is 3. The van der Waals surface area contributed by atoms with Gasteiger partial charge in [0.15, 0.2) is 0 Å². The molecule has 0 radical (unpaired) electrons. The highest BCUT2D eigenvalue weighted by Gasteiger charge is 2.42. The quantitative estimate of drug-likeness (QED) is 0.652. The lowest BCUT2D eigenvalue weighted by Crippen LogP contribution is -2.45. The van der Waals surface area contributed by atoms with Crippen LogP contribution in [-0.2, 0) is 6.54 Å². The minimum atomic E-state index is -0.632. The minimum absolute atomic E-state index is 0.260. The van der Waals surface area contributed by atoms with E-state index in [0.717, 1.165) is 16.3 Å². The summed E-state index contributed by atoms with van der Waals surface area (Å²) in [6.45, 7) is 5.67. The number of nitrogens with zero attached hydrogens (tertiary/aromatic N) is 3.